The molecule has 1 unspecified atom stereocenters. The van der Waals surface area contributed by atoms with Gasteiger partial charge in [0.25, 0.3) is 0 Å². The SMILES string of the molecule is CC(C)CN1CCCC12CCCN(S(=O)(=O)Cc1ccccc1)C2. The predicted molar refractivity (Wildman–Crippen MR) is 98.2 cm³/mol. The first-order valence-corrected chi connectivity index (χ1v) is 10.8. The van der Waals surface area contributed by atoms with Crippen molar-refractivity contribution in [1.82, 2.24) is 9.21 Å². The van der Waals surface area contributed by atoms with E-state index in [0.29, 0.717) is 19.0 Å². The molecule has 1 aromatic carbocycles. The van der Waals surface area contributed by atoms with Crippen molar-refractivity contribution in [1.29, 1.82) is 0 Å². The van der Waals surface area contributed by atoms with Gasteiger partial charge in [0.05, 0.1) is 5.75 Å². The molecular weight excluding hydrogens is 320 g/mol. The highest BCUT2D eigenvalue weighted by Crippen LogP contribution is 2.38. The van der Waals surface area contributed by atoms with Gasteiger partial charge in [-0.1, -0.05) is 44.2 Å². The van der Waals surface area contributed by atoms with Crippen LogP contribution >= 0.6 is 0 Å². The van der Waals surface area contributed by atoms with Gasteiger partial charge >= 0.3 is 0 Å². The van der Waals surface area contributed by atoms with Crippen LogP contribution in [0.15, 0.2) is 30.3 Å². The molecule has 24 heavy (non-hydrogen) atoms. The lowest BCUT2D eigenvalue weighted by molar-refractivity contribution is 0.0647. The molecule has 2 fully saturated rings. The third kappa shape index (κ3) is 3.84. The van der Waals surface area contributed by atoms with Crippen LogP contribution in [0.2, 0.25) is 0 Å². The maximum atomic E-state index is 12.9. The molecule has 0 N–H and O–H groups in total. The molecule has 2 aliphatic rings. The van der Waals surface area contributed by atoms with E-state index >= 15 is 0 Å². The Morgan fingerprint density at radius 1 is 1.08 bits per heavy atom. The number of sulfonamides is 1. The van der Waals surface area contributed by atoms with E-state index in [-0.39, 0.29) is 11.3 Å². The average Bonchev–Trinajstić information content (AvgIpc) is 2.89. The molecule has 1 spiro atoms. The molecule has 4 nitrogen and oxygen atoms in total. The summed E-state index contributed by atoms with van der Waals surface area (Å²) >= 11 is 0. The van der Waals surface area contributed by atoms with Crippen LogP contribution in [0, 0.1) is 5.92 Å². The lowest BCUT2D eigenvalue weighted by atomic mass is 9.87. The van der Waals surface area contributed by atoms with E-state index in [0.717, 1.165) is 37.9 Å². The van der Waals surface area contributed by atoms with Gasteiger partial charge in [0.2, 0.25) is 10.0 Å². The smallest absolute Gasteiger partial charge is 0.218 e. The maximum absolute atomic E-state index is 12.9. The van der Waals surface area contributed by atoms with E-state index in [1.807, 2.05) is 30.3 Å². The summed E-state index contributed by atoms with van der Waals surface area (Å²) in [6, 6.07) is 9.54. The van der Waals surface area contributed by atoms with Gasteiger partial charge in [-0.05, 0) is 43.7 Å². The Hall–Kier alpha value is -0.910. The van der Waals surface area contributed by atoms with Gasteiger partial charge in [-0.15, -0.1) is 0 Å². The normalized spacial score (nSPS) is 26.5. The van der Waals surface area contributed by atoms with Gasteiger partial charge in [-0.3, -0.25) is 4.90 Å². The number of benzene rings is 1. The summed E-state index contributed by atoms with van der Waals surface area (Å²) in [5.41, 5.74) is 0.953. The average molecular weight is 351 g/mol. The highest BCUT2D eigenvalue weighted by atomic mass is 32.2. The molecule has 5 heteroatoms. The van der Waals surface area contributed by atoms with E-state index in [1.54, 1.807) is 4.31 Å². The van der Waals surface area contributed by atoms with E-state index in [9.17, 15) is 8.42 Å². The van der Waals surface area contributed by atoms with Crippen LogP contribution in [0.25, 0.3) is 0 Å². The minimum atomic E-state index is -3.25. The lowest BCUT2D eigenvalue weighted by Gasteiger charge is -2.46. The minimum absolute atomic E-state index is 0.0757. The highest BCUT2D eigenvalue weighted by molar-refractivity contribution is 7.88. The van der Waals surface area contributed by atoms with Crippen molar-refractivity contribution in [3.63, 3.8) is 0 Å². The lowest BCUT2D eigenvalue weighted by Crippen LogP contribution is -2.57. The number of hydrogen-bond donors (Lipinski definition) is 0. The third-order valence-corrected chi connectivity index (χ3v) is 7.23. The van der Waals surface area contributed by atoms with Crippen LogP contribution < -0.4 is 0 Å². The first kappa shape index (κ1) is 17.9. The van der Waals surface area contributed by atoms with Gasteiger partial charge in [0.1, 0.15) is 0 Å². The van der Waals surface area contributed by atoms with Gasteiger partial charge in [-0.25, -0.2) is 8.42 Å². The molecule has 0 aromatic heterocycles. The molecule has 0 amide bonds. The summed E-state index contributed by atoms with van der Waals surface area (Å²) < 4.78 is 27.6. The number of piperidine rings is 1. The van der Waals surface area contributed by atoms with Crippen LogP contribution in [-0.4, -0.2) is 49.3 Å². The van der Waals surface area contributed by atoms with Gasteiger partial charge in [-0.2, -0.15) is 4.31 Å². The van der Waals surface area contributed by atoms with Gasteiger partial charge in [0.15, 0.2) is 0 Å². The Balaban J connectivity index is 1.75. The Morgan fingerprint density at radius 3 is 2.42 bits per heavy atom. The molecular formula is C19H30N2O2S. The zero-order chi connectivity index (χ0) is 17.2. The molecule has 134 valence electrons. The van der Waals surface area contributed by atoms with Crippen LogP contribution in [0.4, 0.5) is 0 Å². The quantitative estimate of drug-likeness (QED) is 0.819. The van der Waals surface area contributed by atoms with Crippen molar-refractivity contribution in [2.45, 2.75) is 50.8 Å². The Kier molecular flexibility index (Phi) is 5.33. The van der Waals surface area contributed by atoms with Crippen LogP contribution in [0.5, 0.6) is 0 Å². The van der Waals surface area contributed by atoms with E-state index < -0.39 is 10.0 Å². The standard InChI is InChI=1S/C19H30N2O2S/c1-17(2)14-20-12-6-10-19(20)11-7-13-21(16-19)24(22,23)15-18-8-4-3-5-9-18/h3-5,8-9,17H,6-7,10-16H2,1-2H3. The number of rotatable bonds is 5. The maximum Gasteiger partial charge on any atom is 0.218 e. The minimum Gasteiger partial charge on any atom is -0.296 e. The molecule has 0 radical (unpaired) electrons. The topological polar surface area (TPSA) is 40.6 Å². The monoisotopic (exact) mass is 350 g/mol. The highest BCUT2D eigenvalue weighted by Gasteiger charge is 2.46. The molecule has 0 bridgehead atoms. The van der Waals surface area contributed by atoms with Crippen molar-refractivity contribution in [2.24, 2.45) is 5.92 Å². The molecule has 0 saturated carbocycles. The molecule has 2 heterocycles. The van der Waals surface area contributed by atoms with Crippen molar-refractivity contribution in [3.05, 3.63) is 35.9 Å². The molecule has 1 atom stereocenters. The molecule has 0 aliphatic carbocycles. The van der Waals surface area contributed by atoms with Crippen molar-refractivity contribution in [3.8, 4) is 0 Å². The van der Waals surface area contributed by atoms with Crippen molar-refractivity contribution >= 4 is 10.0 Å². The Morgan fingerprint density at radius 2 is 1.75 bits per heavy atom. The van der Waals surface area contributed by atoms with Crippen LogP contribution in [0.1, 0.15) is 45.1 Å². The summed E-state index contributed by atoms with van der Waals surface area (Å²) in [4.78, 5) is 2.57. The van der Waals surface area contributed by atoms with Crippen molar-refractivity contribution < 1.29 is 8.42 Å². The number of likely N-dealkylation sites (tertiary alicyclic amines) is 1. The van der Waals surface area contributed by atoms with Crippen LogP contribution in [-0.2, 0) is 15.8 Å². The Labute approximate surface area is 146 Å². The summed E-state index contributed by atoms with van der Waals surface area (Å²) in [5, 5.41) is 0. The summed E-state index contributed by atoms with van der Waals surface area (Å²) in [6.07, 6.45) is 4.44. The second-order valence-corrected chi connectivity index (χ2v) is 9.82. The van der Waals surface area contributed by atoms with Crippen LogP contribution in [0.3, 0.4) is 0 Å². The van der Waals surface area contributed by atoms with Gasteiger partial charge < -0.3 is 0 Å². The molecule has 3 rings (SSSR count). The fourth-order valence-electron chi connectivity index (χ4n) is 4.37. The number of nitrogens with zero attached hydrogens (tertiary/aromatic N) is 2. The third-order valence-electron chi connectivity index (χ3n) is 5.43. The largest absolute Gasteiger partial charge is 0.296 e. The second-order valence-electron chi connectivity index (χ2n) is 7.85. The molecule has 2 aliphatic heterocycles. The van der Waals surface area contributed by atoms with E-state index in [4.69, 9.17) is 0 Å². The van der Waals surface area contributed by atoms with E-state index in [2.05, 4.69) is 18.7 Å². The van der Waals surface area contributed by atoms with Gasteiger partial charge in [0, 0.05) is 25.2 Å². The summed E-state index contributed by atoms with van der Waals surface area (Å²) in [6.45, 7) is 8.04. The zero-order valence-corrected chi connectivity index (χ0v) is 15.8. The second kappa shape index (κ2) is 7.14. The number of hydrogen-bond acceptors (Lipinski definition) is 3. The fraction of sp³-hybridized carbons (Fsp3) is 0.684. The first-order valence-electron chi connectivity index (χ1n) is 9.18. The fourth-order valence-corrected chi connectivity index (χ4v) is 6.01. The summed E-state index contributed by atoms with van der Waals surface area (Å²) in [7, 11) is -3.25. The Bertz CT molecular complexity index is 645. The predicted octanol–water partition coefficient (Wildman–Crippen LogP) is 3.10. The zero-order valence-electron chi connectivity index (χ0n) is 14.9. The first-order chi connectivity index (χ1) is 11.4. The van der Waals surface area contributed by atoms with E-state index in [1.165, 1.54) is 6.42 Å². The molecule has 1 aromatic rings. The van der Waals surface area contributed by atoms with Crippen molar-refractivity contribution in [2.75, 3.05) is 26.2 Å². The summed E-state index contributed by atoms with van der Waals surface area (Å²) in [5.74, 6) is 0.741. The molecule has 2 saturated heterocycles.